The van der Waals surface area contributed by atoms with Gasteiger partial charge in [-0.2, -0.15) is 4.99 Å². The Bertz CT molecular complexity index is 534. The van der Waals surface area contributed by atoms with Crippen LogP contribution >= 0.6 is 0 Å². The van der Waals surface area contributed by atoms with Crippen LogP contribution in [-0.4, -0.2) is 49.1 Å². The SMILES string of the molecule is CN1CCN(Cc2ccc(C3(N=C=O)CCCC3)cc2)CC1. The molecule has 1 saturated carbocycles. The van der Waals surface area contributed by atoms with Crippen molar-refractivity contribution in [1.82, 2.24) is 9.80 Å². The third-order valence-corrected chi connectivity index (χ3v) is 5.18. The molecule has 0 aromatic heterocycles. The van der Waals surface area contributed by atoms with Crippen molar-refractivity contribution in [2.75, 3.05) is 33.2 Å². The molecule has 0 bridgehead atoms. The molecule has 0 N–H and O–H groups in total. The number of rotatable bonds is 4. The highest BCUT2D eigenvalue weighted by Crippen LogP contribution is 2.42. The molecular weight excluding hydrogens is 274 g/mol. The second-order valence-electron chi connectivity index (χ2n) is 6.72. The monoisotopic (exact) mass is 299 g/mol. The van der Waals surface area contributed by atoms with Crippen LogP contribution in [0.15, 0.2) is 29.3 Å². The van der Waals surface area contributed by atoms with Crippen LogP contribution in [0.2, 0.25) is 0 Å². The zero-order valence-corrected chi connectivity index (χ0v) is 13.4. The molecular formula is C18H25N3O. The van der Waals surface area contributed by atoms with Crippen LogP contribution in [0.1, 0.15) is 36.8 Å². The van der Waals surface area contributed by atoms with Crippen LogP contribution in [0.3, 0.4) is 0 Å². The second kappa shape index (κ2) is 6.74. The molecule has 0 amide bonds. The first-order valence-corrected chi connectivity index (χ1v) is 8.31. The minimum absolute atomic E-state index is 0.298. The van der Waals surface area contributed by atoms with E-state index in [2.05, 4.69) is 46.1 Å². The van der Waals surface area contributed by atoms with Gasteiger partial charge in [0.2, 0.25) is 6.08 Å². The van der Waals surface area contributed by atoms with E-state index in [0.29, 0.717) is 0 Å². The molecule has 1 heterocycles. The summed E-state index contributed by atoms with van der Waals surface area (Å²) in [5.74, 6) is 0. The van der Waals surface area contributed by atoms with E-state index in [9.17, 15) is 4.79 Å². The van der Waals surface area contributed by atoms with Crippen LogP contribution in [0.4, 0.5) is 0 Å². The number of nitrogens with zero attached hydrogens (tertiary/aromatic N) is 3. The summed E-state index contributed by atoms with van der Waals surface area (Å²) in [6.07, 6.45) is 6.03. The highest BCUT2D eigenvalue weighted by Gasteiger charge is 2.35. The van der Waals surface area contributed by atoms with Crippen LogP contribution < -0.4 is 0 Å². The number of aliphatic imine (C=N–C) groups is 1. The van der Waals surface area contributed by atoms with Crippen LogP contribution in [-0.2, 0) is 16.9 Å². The summed E-state index contributed by atoms with van der Waals surface area (Å²) < 4.78 is 0. The van der Waals surface area contributed by atoms with E-state index in [1.165, 1.54) is 11.1 Å². The Morgan fingerprint density at radius 2 is 1.73 bits per heavy atom. The Hall–Kier alpha value is -1.48. The van der Waals surface area contributed by atoms with Gasteiger partial charge >= 0.3 is 0 Å². The van der Waals surface area contributed by atoms with E-state index in [4.69, 9.17) is 0 Å². The molecule has 4 nitrogen and oxygen atoms in total. The number of hydrogen-bond acceptors (Lipinski definition) is 4. The normalized spacial score (nSPS) is 22.4. The maximum Gasteiger partial charge on any atom is 0.235 e. The van der Waals surface area contributed by atoms with Gasteiger partial charge < -0.3 is 4.90 Å². The van der Waals surface area contributed by atoms with E-state index in [0.717, 1.165) is 58.4 Å². The highest BCUT2D eigenvalue weighted by molar-refractivity contribution is 5.39. The number of likely N-dealkylation sites (N-methyl/N-ethyl adjacent to an activating group) is 1. The maximum absolute atomic E-state index is 10.8. The molecule has 2 fully saturated rings. The second-order valence-corrected chi connectivity index (χ2v) is 6.72. The quantitative estimate of drug-likeness (QED) is 0.633. The molecule has 1 aromatic rings. The molecule has 4 heteroatoms. The topological polar surface area (TPSA) is 35.9 Å². The fourth-order valence-electron chi connectivity index (χ4n) is 3.70. The largest absolute Gasteiger partial charge is 0.304 e. The molecule has 1 aliphatic heterocycles. The predicted molar refractivity (Wildman–Crippen MR) is 87.5 cm³/mol. The molecule has 1 saturated heterocycles. The highest BCUT2D eigenvalue weighted by atomic mass is 16.1. The summed E-state index contributed by atoms with van der Waals surface area (Å²) in [4.78, 5) is 19.8. The lowest BCUT2D eigenvalue weighted by Crippen LogP contribution is -2.43. The van der Waals surface area contributed by atoms with Crippen LogP contribution in [0.5, 0.6) is 0 Å². The van der Waals surface area contributed by atoms with Crippen molar-refractivity contribution < 1.29 is 4.79 Å². The number of benzene rings is 1. The van der Waals surface area contributed by atoms with Crippen molar-refractivity contribution in [2.45, 2.75) is 37.8 Å². The van der Waals surface area contributed by atoms with Gasteiger partial charge in [-0.1, -0.05) is 37.1 Å². The van der Waals surface area contributed by atoms with Gasteiger partial charge in [-0.05, 0) is 31.0 Å². The lowest BCUT2D eigenvalue weighted by atomic mass is 9.88. The number of carbonyl (C=O) groups excluding carboxylic acids is 1. The number of piperazine rings is 1. The lowest BCUT2D eigenvalue weighted by Gasteiger charge is -2.32. The fourth-order valence-corrected chi connectivity index (χ4v) is 3.70. The summed E-state index contributed by atoms with van der Waals surface area (Å²) in [6, 6.07) is 8.73. The molecule has 1 aliphatic carbocycles. The smallest absolute Gasteiger partial charge is 0.235 e. The maximum atomic E-state index is 10.8. The van der Waals surface area contributed by atoms with Gasteiger partial charge in [-0.3, -0.25) is 4.90 Å². The van der Waals surface area contributed by atoms with Crippen LogP contribution in [0.25, 0.3) is 0 Å². The van der Waals surface area contributed by atoms with E-state index in [-0.39, 0.29) is 5.54 Å². The zero-order valence-electron chi connectivity index (χ0n) is 13.4. The Balaban J connectivity index is 1.68. The van der Waals surface area contributed by atoms with Crippen molar-refractivity contribution in [1.29, 1.82) is 0 Å². The van der Waals surface area contributed by atoms with Gasteiger partial charge in [-0.25, -0.2) is 4.79 Å². The number of isocyanates is 1. The van der Waals surface area contributed by atoms with Gasteiger partial charge in [0.05, 0.1) is 5.54 Å². The Labute approximate surface area is 132 Å². The summed E-state index contributed by atoms with van der Waals surface area (Å²) in [7, 11) is 2.18. The third kappa shape index (κ3) is 3.30. The summed E-state index contributed by atoms with van der Waals surface area (Å²) >= 11 is 0. The zero-order chi connectivity index (χ0) is 15.4. The number of hydrogen-bond donors (Lipinski definition) is 0. The summed E-state index contributed by atoms with van der Waals surface area (Å²) in [5.41, 5.74) is 2.22. The first-order chi connectivity index (χ1) is 10.7. The third-order valence-electron chi connectivity index (χ3n) is 5.18. The Kier molecular flexibility index (Phi) is 4.72. The van der Waals surface area contributed by atoms with Crippen molar-refractivity contribution in [3.05, 3.63) is 35.4 Å². The van der Waals surface area contributed by atoms with E-state index < -0.39 is 0 Å². The molecule has 0 unspecified atom stereocenters. The van der Waals surface area contributed by atoms with E-state index >= 15 is 0 Å². The first-order valence-electron chi connectivity index (χ1n) is 8.31. The van der Waals surface area contributed by atoms with Crippen LogP contribution in [0, 0.1) is 0 Å². The molecule has 2 aliphatic rings. The van der Waals surface area contributed by atoms with Gasteiger partial charge in [0.15, 0.2) is 0 Å². The van der Waals surface area contributed by atoms with Gasteiger partial charge in [0.1, 0.15) is 0 Å². The predicted octanol–water partition coefficient (Wildman–Crippen LogP) is 2.54. The molecule has 3 rings (SSSR count). The standard InChI is InChI=1S/C18H25N3O/c1-20-10-12-21(13-11-20)14-16-4-6-17(7-5-16)18(19-15-22)8-2-3-9-18/h4-7H,2-3,8-14H2,1H3. The van der Waals surface area contributed by atoms with E-state index in [1.807, 2.05) is 0 Å². The molecule has 0 spiro atoms. The minimum Gasteiger partial charge on any atom is -0.304 e. The van der Waals surface area contributed by atoms with Gasteiger partial charge in [0, 0.05) is 32.7 Å². The van der Waals surface area contributed by atoms with E-state index in [1.54, 1.807) is 6.08 Å². The Morgan fingerprint density at radius 3 is 2.32 bits per heavy atom. The van der Waals surface area contributed by atoms with Gasteiger partial charge in [-0.15, -0.1) is 0 Å². The van der Waals surface area contributed by atoms with Crippen molar-refractivity contribution in [3.8, 4) is 0 Å². The first kappa shape index (κ1) is 15.4. The summed E-state index contributed by atoms with van der Waals surface area (Å²) in [6.45, 7) is 5.58. The van der Waals surface area contributed by atoms with Crippen molar-refractivity contribution in [3.63, 3.8) is 0 Å². The van der Waals surface area contributed by atoms with Gasteiger partial charge in [0.25, 0.3) is 0 Å². The molecule has 118 valence electrons. The van der Waals surface area contributed by atoms with Crippen molar-refractivity contribution >= 4 is 6.08 Å². The average molecular weight is 299 g/mol. The molecule has 0 radical (unpaired) electrons. The van der Waals surface area contributed by atoms with Crippen molar-refractivity contribution in [2.24, 2.45) is 4.99 Å². The molecule has 22 heavy (non-hydrogen) atoms. The Morgan fingerprint density at radius 1 is 1.09 bits per heavy atom. The fraction of sp³-hybridized carbons (Fsp3) is 0.611. The lowest BCUT2D eigenvalue weighted by molar-refractivity contribution is 0.148. The molecule has 1 aromatic carbocycles. The molecule has 0 atom stereocenters. The average Bonchev–Trinajstić information content (AvgIpc) is 3.00. The summed E-state index contributed by atoms with van der Waals surface area (Å²) in [5, 5.41) is 0. The minimum atomic E-state index is -0.298.